The third-order valence-corrected chi connectivity index (χ3v) is 6.31. The van der Waals surface area contributed by atoms with Gasteiger partial charge in [-0.1, -0.05) is 32.3 Å². The van der Waals surface area contributed by atoms with Crippen LogP contribution in [0.1, 0.15) is 57.4 Å². The van der Waals surface area contributed by atoms with Crippen LogP contribution in [0, 0.1) is 11.8 Å². The van der Waals surface area contributed by atoms with Gasteiger partial charge in [-0.05, 0) is 44.7 Å². The van der Waals surface area contributed by atoms with Crippen LogP contribution in [0.2, 0.25) is 0 Å². The van der Waals surface area contributed by atoms with E-state index < -0.39 is 0 Å². The van der Waals surface area contributed by atoms with E-state index in [-0.39, 0.29) is 11.8 Å². The molecule has 3 rings (SSSR count). The number of nitrogens with zero attached hydrogens (tertiary/aromatic N) is 3. The van der Waals surface area contributed by atoms with Crippen molar-refractivity contribution < 1.29 is 4.79 Å². The number of likely N-dealkylation sites (N-methyl/N-ethyl adjacent to an activating group) is 1. The minimum absolute atomic E-state index is 0.201. The number of amides is 1. The van der Waals surface area contributed by atoms with Gasteiger partial charge in [0, 0.05) is 50.4 Å². The summed E-state index contributed by atoms with van der Waals surface area (Å²) < 4.78 is 0. The molecule has 27 heavy (non-hydrogen) atoms. The summed E-state index contributed by atoms with van der Waals surface area (Å²) in [7, 11) is 2.16. The molecule has 1 saturated heterocycles. The van der Waals surface area contributed by atoms with Crippen LogP contribution in [0.4, 0.5) is 5.82 Å². The molecule has 0 aromatic carbocycles. The highest BCUT2D eigenvalue weighted by molar-refractivity contribution is 5.78. The molecule has 1 N–H and O–H groups in total. The van der Waals surface area contributed by atoms with Crippen molar-refractivity contribution in [3.63, 3.8) is 0 Å². The van der Waals surface area contributed by atoms with Crippen LogP contribution in [0.15, 0.2) is 18.3 Å². The molecule has 150 valence electrons. The van der Waals surface area contributed by atoms with Gasteiger partial charge in [-0.15, -0.1) is 0 Å². The molecule has 1 aliphatic carbocycles. The van der Waals surface area contributed by atoms with E-state index >= 15 is 0 Å². The van der Waals surface area contributed by atoms with E-state index in [0.29, 0.717) is 6.54 Å². The molecule has 2 aliphatic rings. The maximum absolute atomic E-state index is 12.7. The number of pyridine rings is 1. The topological polar surface area (TPSA) is 48.5 Å². The number of hydrogen-bond acceptors (Lipinski definition) is 4. The molecule has 0 radical (unpaired) electrons. The van der Waals surface area contributed by atoms with Crippen LogP contribution in [0.3, 0.4) is 0 Å². The van der Waals surface area contributed by atoms with E-state index in [1.165, 1.54) is 32.1 Å². The fourth-order valence-corrected chi connectivity index (χ4v) is 4.40. The van der Waals surface area contributed by atoms with Gasteiger partial charge in [-0.2, -0.15) is 0 Å². The summed E-state index contributed by atoms with van der Waals surface area (Å²) in [6.07, 6.45) is 10.4. The standard InChI is InChI=1S/C22H36N4O/c1-3-4-6-18-8-10-19(11-9-18)22(27)24-17-20-7-5-12-23-21(20)26-15-13-25(2)14-16-26/h5,7,12,18-19H,3-4,6,8-11,13-17H2,1-2H3,(H,24,27). The van der Waals surface area contributed by atoms with Crippen molar-refractivity contribution in [2.75, 3.05) is 38.1 Å². The van der Waals surface area contributed by atoms with E-state index in [2.05, 4.69) is 40.1 Å². The Balaban J connectivity index is 1.49. The molecule has 0 spiro atoms. The highest BCUT2D eigenvalue weighted by Gasteiger charge is 2.26. The molecule has 1 aromatic heterocycles. The zero-order chi connectivity index (χ0) is 19.1. The van der Waals surface area contributed by atoms with Crippen LogP contribution in [0.5, 0.6) is 0 Å². The minimum Gasteiger partial charge on any atom is -0.354 e. The highest BCUT2D eigenvalue weighted by Crippen LogP contribution is 2.32. The Morgan fingerprint density at radius 2 is 1.93 bits per heavy atom. The third-order valence-electron chi connectivity index (χ3n) is 6.31. The summed E-state index contributed by atoms with van der Waals surface area (Å²) in [5.74, 6) is 2.31. The van der Waals surface area contributed by atoms with Gasteiger partial charge in [0.15, 0.2) is 0 Å². The van der Waals surface area contributed by atoms with Gasteiger partial charge in [0.25, 0.3) is 0 Å². The number of unbranched alkanes of at least 4 members (excludes halogenated alkanes) is 1. The van der Waals surface area contributed by atoms with Crippen molar-refractivity contribution in [3.8, 4) is 0 Å². The molecule has 0 unspecified atom stereocenters. The predicted octanol–water partition coefficient (Wildman–Crippen LogP) is 3.45. The smallest absolute Gasteiger partial charge is 0.223 e. The molecule has 5 nitrogen and oxygen atoms in total. The summed E-state index contributed by atoms with van der Waals surface area (Å²) in [4.78, 5) is 22.0. The quantitative estimate of drug-likeness (QED) is 0.796. The van der Waals surface area contributed by atoms with Crippen LogP contribution >= 0.6 is 0 Å². The predicted molar refractivity (Wildman–Crippen MR) is 111 cm³/mol. The summed E-state index contributed by atoms with van der Waals surface area (Å²) in [6, 6.07) is 4.07. The van der Waals surface area contributed by atoms with E-state index in [1.54, 1.807) is 0 Å². The van der Waals surface area contributed by atoms with E-state index in [9.17, 15) is 4.79 Å². The first kappa shape index (κ1) is 20.1. The van der Waals surface area contributed by atoms with Crippen molar-refractivity contribution in [1.29, 1.82) is 0 Å². The second-order valence-electron chi connectivity index (χ2n) is 8.35. The Bertz CT molecular complexity index is 590. The highest BCUT2D eigenvalue weighted by atomic mass is 16.1. The molecule has 0 atom stereocenters. The first-order chi connectivity index (χ1) is 13.2. The Kier molecular flexibility index (Phi) is 7.50. The second-order valence-corrected chi connectivity index (χ2v) is 8.35. The normalized spacial score (nSPS) is 24.0. The molecule has 1 saturated carbocycles. The number of carbonyl (C=O) groups excluding carboxylic acids is 1. The maximum Gasteiger partial charge on any atom is 0.223 e. The average Bonchev–Trinajstić information content (AvgIpc) is 2.72. The van der Waals surface area contributed by atoms with Crippen molar-refractivity contribution in [1.82, 2.24) is 15.2 Å². The van der Waals surface area contributed by atoms with Crippen LogP contribution in [-0.2, 0) is 11.3 Å². The Labute approximate surface area is 164 Å². The summed E-state index contributed by atoms with van der Waals surface area (Å²) >= 11 is 0. The molecule has 1 amide bonds. The second kappa shape index (κ2) is 10.1. The van der Waals surface area contributed by atoms with Crippen molar-refractivity contribution in [2.24, 2.45) is 11.8 Å². The number of nitrogens with one attached hydrogen (secondary N) is 1. The third kappa shape index (κ3) is 5.68. The number of rotatable bonds is 7. The Hall–Kier alpha value is -1.62. The largest absolute Gasteiger partial charge is 0.354 e. The van der Waals surface area contributed by atoms with Gasteiger partial charge in [-0.3, -0.25) is 4.79 Å². The zero-order valence-electron chi connectivity index (χ0n) is 17.1. The number of aromatic nitrogens is 1. The zero-order valence-corrected chi connectivity index (χ0v) is 17.1. The summed E-state index contributed by atoms with van der Waals surface area (Å²) in [6.45, 7) is 6.96. The lowest BCUT2D eigenvalue weighted by Crippen LogP contribution is -2.45. The first-order valence-electron chi connectivity index (χ1n) is 10.8. The van der Waals surface area contributed by atoms with Gasteiger partial charge in [0.05, 0.1) is 0 Å². The lowest BCUT2D eigenvalue weighted by Gasteiger charge is -2.34. The van der Waals surface area contributed by atoms with Gasteiger partial charge >= 0.3 is 0 Å². The van der Waals surface area contributed by atoms with Crippen LogP contribution in [-0.4, -0.2) is 49.0 Å². The fourth-order valence-electron chi connectivity index (χ4n) is 4.40. The van der Waals surface area contributed by atoms with Gasteiger partial charge < -0.3 is 15.1 Å². The SMILES string of the molecule is CCCCC1CCC(C(=O)NCc2cccnc2N2CCN(C)CC2)CC1. The maximum atomic E-state index is 12.7. The van der Waals surface area contributed by atoms with Crippen molar-refractivity contribution >= 4 is 11.7 Å². The molecular formula is C22H36N4O. The molecule has 2 fully saturated rings. The first-order valence-corrected chi connectivity index (χ1v) is 10.8. The van der Waals surface area contributed by atoms with Crippen molar-refractivity contribution in [2.45, 2.75) is 58.4 Å². The molecule has 1 aromatic rings. The summed E-state index contributed by atoms with van der Waals surface area (Å²) in [5, 5.41) is 3.20. The minimum atomic E-state index is 0.201. The Morgan fingerprint density at radius 3 is 2.63 bits per heavy atom. The van der Waals surface area contributed by atoms with E-state index in [0.717, 1.165) is 56.3 Å². The lowest BCUT2D eigenvalue weighted by molar-refractivity contribution is -0.126. The van der Waals surface area contributed by atoms with E-state index in [4.69, 9.17) is 0 Å². The van der Waals surface area contributed by atoms with Gasteiger partial charge in [-0.25, -0.2) is 4.98 Å². The van der Waals surface area contributed by atoms with Crippen LogP contribution in [0.25, 0.3) is 0 Å². The fraction of sp³-hybridized carbons (Fsp3) is 0.727. The van der Waals surface area contributed by atoms with Crippen molar-refractivity contribution in [3.05, 3.63) is 23.9 Å². The molecule has 5 heteroatoms. The average molecular weight is 373 g/mol. The monoisotopic (exact) mass is 372 g/mol. The summed E-state index contributed by atoms with van der Waals surface area (Å²) in [5.41, 5.74) is 1.13. The molecule has 0 bridgehead atoms. The lowest BCUT2D eigenvalue weighted by atomic mass is 9.79. The Morgan fingerprint density at radius 1 is 1.19 bits per heavy atom. The molecule has 1 aliphatic heterocycles. The number of piperazine rings is 1. The van der Waals surface area contributed by atoms with E-state index in [1.807, 2.05) is 12.3 Å². The van der Waals surface area contributed by atoms with Gasteiger partial charge in [0.1, 0.15) is 5.82 Å². The molecular weight excluding hydrogens is 336 g/mol. The number of anilines is 1. The number of hydrogen-bond donors (Lipinski definition) is 1. The van der Waals surface area contributed by atoms with Gasteiger partial charge in [0.2, 0.25) is 5.91 Å². The number of carbonyl (C=O) groups is 1. The van der Waals surface area contributed by atoms with Crippen LogP contribution < -0.4 is 10.2 Å². The molecule has 2 heterocycles.